The van der Waals surface area contributed by atoms with Crippen LogP contribution in [0.3, 0.4) is 0 Å². The number of rotatable bonds is 8. The van der Waals surface area contributed by atoms with E-state index >= 15 is 0 Å². The van der Waals surface area contributed by atoms with E-state index in [1.807, 2.05) is 28.8 Å². The minimum absolute atomic E-state index is 0. The molecule has 2 aromatic rings. The van der Waals surface area contributed by atoms with E-state index in [0.717, 1.165) is 48.8 Å². The van der Waals surface area contributed by atoms with Gasteiger partial charge >= 0.3 is 0 Å². The highest BCUT2D eigenvalue weighted by atomic mass is 127. The molecule has 1 saturated heterocycles. The van der Waals surface area contributed by atoms with Crippen LogP contribution in [-0.2, 0) is 6.54 Å². The van der Waals surface area contributed by atoms with Gasteiger partial charge in [0.15, 0.2) is 17.4 Å². The van der Waals surface area contributed by atoms with Crippen molar-refractivity contribution in [1.82, 2.24) is 30.1 Å². The van der Waals surface area contributed by atoms with Gasteiger partial charge < -0.3 is 15.5 Å². The largest absolute Gasteiger partial charge is 0.357 e. The lowest BCUT2D eigenvalue weighted by molar-refractivity contribution is 0.139. The summed E-state index contributed by atoms with van der Waals surface area (Å²) < 4.78 is 1.98. The third-order valence-corrected chi connectivity index (χ3v) is 5.25. The maximum absolute atomic E-state index is 4.67. The molecule has 0 saturated carbocycles. The Hall–Kier alpha value is -1.42. The maximum Gasteiger partial charge on any atom is 0.191 e. The number of halogens is 1. The number of nitrogens with zero attached hydrogens (tertiary/aromatic N) is 5. The Labute approximate surface area is 191 Å². The fourth-order valence-electron chi connectivity index (χ4n) is 4.13. The van der Waals surface area contributed by atoms with Crippen LogP contribution >= 0.6 is 24.0 Å². The van der Waals surface area contributed by atoms with E-state index in [1.54, 1.807) is 0 Å². The number of fused-ring (bicyclic) bond motifs is 1. The Bertz CT molecular complexity index is 750. The topological polar surface area (TPSA) is 69.8 Å². The average molecular weight is 513 g/mol. The summed E-state index contributed by atoms with van der Waals surface area (Å²) in [5.41, 5.74) is 0.854. The van der Waals surface area contributed by atoms with Crippen molar-refractivity contribution in [3.8, 4) is 0 Å². The van der Waals surface area contributed by atoms with Gasteiger partial charge in [-0.25, -0.2) is 4.99 Å². The Balaban J connectivity index is 0.00000300. The van der Waals surface area contributed by atoms with Gasteiger partial charge in [0.25, 0.3) is 0 Å². The number of guanidine groups is 1. The van der Waals surface area contributed by atoms with E-state index in [4.69, 9.17) is 0 Å². The summed E-state index contributed by atoms with van der Waals surface area (Å²) in [4.78, 5) is 7.31. The summed E-state index contributed by atoms with van der Waals surface area (Å²) in [5, 5.41) is 15.2. The number of piperidine rings is 1. The molecule has 29 heavy (non-hydrogen) atoms. The first-order valence-corrected chi connectivity index (χ1v) is 10.7. The van der Waals surface area contributed by atoms with Crippen LogP contribution in [0, 0.1) is 11.8 Å². The molecule has 2 N–H and O–H groups in total. The van der Waals surface area contributed by atoms with Crippen LogP contribution in [0.2, 0.25) is 0 Å². The third kappa shape index (κ3) is 7.40. The first-order chi connectivity index (χ1) is 13.7. The van der Waals surface area contributed by atoms with Crippen LogP contribution in [-0.4, -0.2) is 58.2 Å². The summed E-state index contributed by atoms with van der Waals surface area (Å²) in [6, 6.07) is 5.90. The monoisotopic (exact) mass is 513 g/mol. The Morgan fingerprint density at radius 1 is 1.14 bits per heavy atom. The van der Waals surface area contributed by atoms with Crippen LogP contribution in [0.1, 0.15) is 45.9 Å². The molecule has 1 fully saturated rings. The van der Waals surface area contributed by atoms with Crippen LogP contribution in [0.25, 0.3) is 5.65 Å². The van der Waals surface area contributed by atoms with Gasteiger partial charge in [0.1, 0.15) is 6.54 Å². The molecule has 3 rings (SSSR count). The molecule has 3 heterocycles. The van der Waals surface area contributed by atoms with Crippen molar-refractivity contribution in [2.75, 3.05) is 32.7 Å². The summed E-state index contributed by atoms with van der Waals surface area (Å²) >= 11 is 0. The number of hydrogen-bond acceptors (Lipinski definition) is 4. The zero-order valence-corrected chi connectivity index (χ0v) is 20.3. The van der Waals surface area contributed by atoms with Crippen molar-refractivity contribution < 1.29 is 0 Å². The lowest BCUT2D eigenvalue weighted by Gasteiger charge is -2.34. The highest BCUT2D eigenvalue weighted by Crippen LogP contribution is 2.20. The highest BCUT2D eigenvalue weighted by molar-refractivity contribution is 14.0. The quantitative estimate of drug-likeness (QED) is 0.246. The van der Waals surface area contributed by atoms with Crippen LogP contribution in [0.5, 0.6) is 0 Å². The van der Waals surface area contributed by atoms with Gasteiger partial charge in [-0.05, 0) is 56.7 Å². The van der Waals surface area contributed by atoms with Crippen LogP contribution in [0.4, 0.5) is 0 Å². The standard InChI is InChI=1S/C21H35N7.HI/c1-4-22-21(24-14-20-26-25-19-9-5-7-12-28(19)20)23-10-6-8-11-27-15-17(2)13-18(3)16-27;/h5,7,9,12,17-18H,4,6,8,10-11,13-16H2,1-3H3,(H2,22,23,24);1H. The molecule has 1 aliphatic heterocycles. The van der Waals surface area contributed by atoms with Crippen molar-refractivity contribution in [2.45, 2.75) is 46.6 Å². The van der Waals surface area contributed by atoms with E-state index < -0.39 is 0 Å². The van der Waals surface area contributed by atoms with Gasteiger partial charge in [-0.15, -0.1) is 34.2 Å². The Morgan fingerprint density at radius 3 is 2.69 bits per heavy atom. The average Bonchev–Trinajstić information content (AvgIpc) is 3.08. The van der Waals surface area contributed by atoms with Gasteiger partial charge in [-0.1, -0.05) is 19.9 Å². The molecule has 8 heteroatoms. The van der Waals surface area contributed by atoms with E-state index in [9.17, 15) is 0 Å². The molecule has 2 unspecified atom stereocenters. The van der Waals surface area contributed by atoms with Gasteiger partial charge in [0.2, 0.25) is 0 Å². The van der Waals surface area contributed by atoms with Crippen molar-refractivity contribution in [3.05, 3.63) is 30.2 Å². The molecule has 0 aliphatic carbocycles. The molecule has 0 spiro atoms. The molecule has 2 aromatic heterocycles. The van der Waals surface area contributed by atoms with Crippen molar-refractivity contribution in [3.63, 3.8) is 0 Å². The number of nitrogens with one attached hydrogen (secondary N) is 2. The summed E-state index contributed by atoms with van der Waals surface area (Å²) in [6.07, 6.45) is 5.73. The lowest BCUT2D eigenvalue weighted by Crippen LogP contribution is -2.40. The number of unbranched alkanes of at least 4 members (excludes halogenated alkanes) is 1. The SMILES string of the molecule is CCNC(=NCc1nnc2ccccn12)NCCCCN1CC(C)CC(C)C1.I. The Morgan fingerprint density at radius 2 is 1.93 bits per heavy atom. The van der Waals surface area contributed by atoms with Gasteiger partial charge in [0, 0.05) is 32.4 Å². The molecule has 2 atom stereocenters. The summed E-state index contributed by atoms with van der Waals surface area (Å²) in [5.74, 6) is 3.36. The Kier molecular flexibility index (Phi) is 10.1. The molecule has 162 valence electrons. The fraction of sp³-hybridized carbons (Fsp3) is 0.667. The van der Waals surface area contributed by atoms with Crippen molar-refractivity contribution in [2.24, 2.45) is 16.8 Å². The molecule has 0 amide bonds. The van der Waals surface area contributed by atoms with Crippen LogP contribution < -0.4 is 10.6 Å². The van der Waals surface area contributed by atoms with E-state index in [0.29, 0.717) is 6.54 Å². The highest BCUT2D eigenvalue weighted by Gasteiger charge is 2.20. The first kappa shape index (κ1) is 23.9. The molecule has 0 bridgehead atoms. The number of likely N-dealkylation sites (tertiary alicyclic amines) is 1. The van der Waals surface area contributed by atoms with Gasteiger partial charge in [-0.3, -0.25) is 4.40 Å². The number of pyridine rings is 1. The summed E-state index contributed by atoms with van der Waals surface area (Å²) in [6.45, 7) is 12.8. The lowest BCUT2D eigenvalue weighted by atomic mass is 9.92. The number of aliphatic imine (C=N–C) groups is 1. The number of aromatic nitrogens is 3. The number of hydrogen-bond donors (Lipinski definition) is 2. The predicted molar refractivity (Wildman–Crippen MR) is 130 cm³/mol. The van der Waals surface area contributed by atoms with E-state index in [1.165, 1.54) is 32.5 Å². The second-order valence-electron chi connectivity index (χ2n) is 8.08. The molecular formula is C21H36IN7. The predicted octanol–water partition coefficient (Wildman–Crippen LogP) is 3.16. The molecule has 7 nitrogen and oxygen atoms in total. The van der Waals surface area contributed by atoms with Crippen molar-refractivity contribution in [1.29, 1.82) is 0 Å². The minimum atomic E-state index is 0. The fourth-order valence-corrected chi connectivity index (χ4v) is 4.13. The second kappa shape index (κ2) is 12.3. The molecule has 0 aromatic carbocycles. The zero-order chi connectivity index (χ0) is 19.8. The zero-order valence-electron chi connectivity index (χ0n) is 18.0. The van der Waals surface area contributed by atoms with E-state index in [2.05, 4.69) is 51.5 Å². The van der Waals surface area contributed by atoms with Crippen molar-refractivity contribution >= 4 is 35.6 Å². The second-order valence-corrected chi connectivity index (χ2v) is 8.08. The normalized spacial score (nSPS) is 20.4. The van der Waals surface area contributed by atoms with Gasteiger partial charge in [0.05, 0.1) is 0 Å². The maximum atomic E-state index is 4.67. The molecule has 1 aliphatic rings. The van der Waals surface area contributed by atoms with Crippen LogP contribution in [0.15, 0.2) is 29.4 Å². The van der Waals surface area contributed by atoms with E-state index in [-0.39, 0.29) is 24.0 Å². The van der Waals surface area contributed by atoms with Gasteiger partial charge in [-0.2, -0.15) is 0 Å². The molecular weight excluding hydrogens is 477 g/mol. The minimum Gasteiger partial charge on any atom is -0.357 e. The summed E-state index contributed by atoms with van der Waals surface area (Å²) in [7, 11) is 0. The smallest absolute Gasteiger partial charge is 0.191 e. The molecule has 0 radical (unpaired) electrons. The third-order valence-electron chi connectivity index (χ3n) is 5.25. The first-order valence-electron chi connectivity index (χ1n) is 10.7.